The van der Waals surface area contributed by atoms with Gasteiger partial charge in [0.05, 0.1) is 17.2 Å². The monoisotopic (exact) mass is 312 g/mol. The molecule has 5 nitrogen and oxygen atoms in total. The Bertz CT molecular complexity index is 783. The SMILES string of the molecule is N#Cc1ccccc1C[C@@H](NC(=O)c1ccccc1F)C(=O)O. The molecule has 2 aromatic rings. The molecule has 0 radical (unpaired) electrons. The summed E-state index contributed by atoms with van der Waals surface area (Å²) in [7, 11) is 0. The number of halogens is 1. The average Bonchev–Trinajstić information content (AvgIpc) is 2.54. The fraction of sp³-hybridized carbons (Fsp3) is 0.118. The summed E-state index contributed by atoms with van der Waals surface area (Å²) in [4.78, 5) is 23.4. The van der Waals surface area contributed by atoms with Crippen LogP contribution in [0.3, 0.4) is 0 Å². The van der Waals surface area contributed by atoms with Crippen molar-refractivity contribution in [3.8, 4) is 6.07 Å². The predicted octanol–water partition coefficient (Wildman–Crippen LogP) is 2.12. The molecule has 1 amide bonds. The molecule has 6 heteroatoms. The largest absolute Gasteiger partial charge is 0.480 e. The Kier molecular flexibility index (Phi) is 5.05. The van der Waals surface area contributed by atoms with Gasteiger partial charge in [-0.15, -0.1) is 0 Å². The second kappa shape index (κ2) is 7.18. The van der Waals surface area contributed by atoms with E-state index in [9.17, 15) is 19.1 Å². The van der Waals surface area contributed by atoms with Gasteiger partial charge in [0.25, 0.3) is 5.91 Å². The Morgan fingerprint density at radius 1 is 1.17 bits per heavy atom. The maximum absolute atomic E-state index is 13.6. The standard InChI is InChI=1S/C17H13FN2O3/c18-14-8-4-3-7-13(14)16(21)20-15(17(22)23)9-11-5-1-2-6-12(11)10-19/h1-8,15H,9H2,(H,20,21)(H,22,23)/t15-/m1/s1. The highest BCUT2D eigenvalue weighted by atomic mass is 19.1. The molecular weight excluding hydrogens is 299 g/mol. The number of nitriles is 1. The lowest BCUT2D eigenvalue weighted by Gasteiger charge is -2.15. The van der Waals surface area contributed by atoms with Gasteiger partial charge in [-0.05, 0) is 23.8 Å². The first-order valence-corrected chi connectivity index (χ1v) is 6.79. The first-order valence-electron chi connectivity index (χ1n) is 6.79. The lowest BCUT2D eigenvalue weighted by molar-refractivity contribution is -0.139. The molecule has 0 aliphatic heterocycles. The number of carboxylic acid groups (broad SMARTS) is 1. The summed E-state index contributed by atoms with van der Waals surface area (Å²) in [5, 5.41) is 20.6. The molecule has 2 rings (SSSR count). The number of rotatable bonds is 5. The topological polar surface area (TPSA) is 90.2 Å². The van der Waals surface area contributed by atoms with Gasteiger partial charge >= 0.3 is 5.97 Å². The number of benzene rings is 2. The third-order valence-corrected chi connectivity index (χ3v) is 3.28. The van der Waals surface area contributed by atoms with Crippen LogP contribution in [0.4, 0.5) is 4.39 Å². The molecule has 0 bridgehead atoms. The van der Waals surface area contributed by atoms with Crippen molar-refractivity contribution in [2.45, 2.75) is 12.5 Å². The Hall–Kier alpha value is -3.20. The minimum absolute atomic E-state index is 0.0702. The summed E-state index contributed by atoms with van der Waals surface area (Å²) in [6, 6.07) is 12.5. The van der Waals surface area contributed by atoms with Gasteiger partial charge in [-0.25, -0.2) is 9.18 Å². The maximum Gasteiger partial charge on any atom is 0.326 e. The number of nitrogens with one attached hydrogen (secondary N) is 1. The molecule has 116 valence electrons. The highest BCUT2D eigenvalue weighted by Gasteiger charge is 2.23. The molecule has 0 aliphatic rings. The van der Waals surface area contributed by atoms with Gasteiger partial charge in [-0.1, -0.05) is 30.3 Å². The quantitative estimate of drug-likeness (QED) is 0.885. The van der Waals surface area contributed by atoms with E-state index in [1.54, 1.807) is 24.3 Å². The van der Waals surface area contributed by atoms with Crippen molar-refractivity contribution in [2.24, 2.45) is 0 Å². The normalized spacial score (nSPS) is 11.3. The van der Waals surface area contributed by atoms with E-state index in [-0.39, 0.29) is 12.0 Å². The lowest BCUT2D eigenvalue weighted by Crippen LogP contribution is -2.42. The summed E-state index contributed by atoms with van der Waals surface area (Å²) < 4.78 is 13.6. The third kappa shape index (κ3) is 3.92. The van der Waals surface area contributed by atoms with Crippen LogP contribution in [0.5, 0.6) is 0 Å². The predicted molar refractivity (Wildman–Crippen MR) is 80.2 cm³/mol. The zero-order valence-corrected chi connectivity index (χ0v) is 12.0. The van der Waals surface area contributed by atoms with Gasteiger partial charge in [-0.3, -0.25) is 4.79 Å². The Balaban J connectivity index is 2.20. The zero-order chi connectivity index (χ0) is 16.8. The van der Waals surface area contributed by atoms with Crippen molar-refractivity contribution in [3.63, 3.8) is 0 Å². The van der Waals surface area contributed by atoms with Crippen LogP contribution in [0.15, 0.2) is 48.5 Å². The van der Waals surface area contributed by atoms with Gasteiger partial charge in [-0.2, -0.15) is 5.26 Å². The molecule has 0 spiro atoms. The van der Waals surface area contributed by atoms with Crippen molar-refractivity contribution in [3.05, 3.63) is 71.0 Å². The number of hydrogen-bond acceptors (Lipinski definition) is 3. The molecule has 0 heterocycles. The average molecular weight is 312 g/mol. The van der Waals surface area contributed by atoms with E-state index in [1.165, 1.54) is 18.2 Å². The van der Waals surface area contributed by atoms with Crippen molar-refractivity contribution in [1.29, 1.82) is 5.26 Å². The summed E-state index contributed by atoms with van der Waals surface area (Å²) in [5.41, 5.74) is 0.599. The van der Waals surface area contributed by atoms with Crippen molar-refractivity contribution >= 4 is 11.9 Å². The molecule has 1 atom stereocenters. The van der Waals surface area contributed by atoms with E-state index in [4.69, 9.17) is 5.26 Å². The molecule has 0 aliphatic carbocycles. The minimum Gasteiger partial charge on any atom is -0.480 e. The lowest BCUT2D eigenvalue weighted by atomic mass is 10.0. The smallest absolute Gasteiger partial charge is 0.326 e. The summed E-state index contributed by atoms with van der Waals surface area (Å²) in [6.45, 7) is 0. The van der Waals surface area contributed by atoms with Gasteiger partial charge in [0.15, 0.2) is 0 Å². The molecule has 0 fully saturated rings. The minimum atomic E-state index is -1.27. The Morgan fingerprint density at radius 2 is 1.83 bits per heavy atom. The number of hydrogen-bond donors (Lipinski definition) is 2. The van der Waals surface area contributed by atoms with E-state index in [1.807, 2.05) is 6.07 Å². The molecule has 0 saturated heterocycles. The fourth-order valence-corrected chi connectivity index (χ4v) is 2.11. The first kappa shape index (κ1) is 16.2. The van der Waals surface area contributed by atoms with Gasteiger partial charge in [0, 0.05) is 6.42 Å². The third-order valence-electron chi connectivity index (χ3n) is 3.28. The van der Waals surface area contributed by atoms with Crippen molar-refractivity contribution in [2.75, 3.05) is 0 Å². The van der Waals surface area contributed by atoms with Gasteiger partial charge in [0.1, 0.15) is 11.9 Å². The van der Waals surface area contributed by atoms with Crippen molar-refractivity contribution in [1.82, 2.24) is 5.32 Å². The summed E-state index contributed by atoms with van der Waals surface area (Å²) in [5.74, 6) is -2.81. The molecule has 23 heavy (non-hydrogen) atoms. The van der Waals surface area contributed by atoms with E-state index in [2.05, 4.69) is 5.32 Å². The van der Waals surface area contributed by atoms with Crippen LogP contribution in [0.25, 0.3) is 0 Å². The number of carbonyl (C=O) groups excluding carboxylic acids is 1. The highest BCUT2D eigenvalue weighted by molar-refractivity contribution is 5.96. The Labute approximate surface area is 132 Å². The van der Waals surface area contributed by atoms with Crippen LogP contribution in [0.2, 0.25) is 0 Å². The number of aliphatic carboxylic acids is 1. The van der Waals surface area contributed by atoms with Crippen LogP contribution in [0.1, 0.15) is 21.5 Å². The Morgan fingerprint density at radius 3 is 2.48 bits per heavy atom. The molecule has 0 unspecified atom stereocenters. The molecule has 0 saturated carbocycles. The van der Waals surface area contributed by atoms with Crippen LogP contribution >= 0.6 is 0 Å². The summed E-state index contributed by atoms with van der Waals surface area (Å²) in [6.07, 6.45) is -0.0702. The van der Waals surface area contributed by atoms with E-state index in [0.29, 0.717) is 11.1 Å². The second-order valence-electron chi connectivity index (χ2n) is 4.82. The van der Waals surface area contributed by atoms with E-state index >= 15 is 0 Å². The number of carbonyl (C=O) groups is 2. The van der Waals surface area contributed by atoms with Crippen LogP contribution < -0.4 is 5.32 Å². The van der Waals surface area contributed by atoms with E-state index < -0.39 is 23.7 Å². The zero-order valence-electron chi connectivity index (χ0n) is 12.0. The van der Waals surface area contributed by atoms with Crippen molar-refractivity contribution < 1.29 is 19.1 Å². The number of amides is 1. The van der Waals surface area contributed by atoms with E-state index in [0.717, 1.165) is 6.07 Å². The summed E-state index contributed by atoms with van der Waals surface area (Å²) >= 11 is 0. The fourth-order valence-electron chi connectivity index (χ4n) is 2.11. The maximum atomic E-state index is 13.6. The highest BCUT2D eigenvalue weighted by Crippen LogP contribution is 2.12. The molecular formula is C17H13FN2O3. The number of carboxylic acids is 1. The van der Waals surface area contributed by atoms with Crippen LogP contribution in [0, 0.1) is 17.1 Å². The van der Waals surface area contributed by atoms with Crippen LogP contribution in [-0.4, -0.2) is 23.0 Å². The molecule has 2 N–H and O–H groups in total. The molecule has 0 aromatic heterocycles. The molecule has 2 aromatic carbocycles. The van der Waals surface area contributed by atoms with Crippen LogP contribution in [-0.2, 0) is 11.2 Å². The number of nitrogens with zero attached hydrogens (tertiary/aromatic N) is 1. The van der Waals surface area contributed by atoms with Gasteiger partial charge < -0.3 is 10.4 Å². The second-order valence-corrected chi connectivity index (χ2v) is 4.82. The van der Waals surface area contributed by atoms with Gasteiger partial charge in [0.2, 0.25) is 0 Å². The first-order chi connectivity index (χ1) is 11.0.